The monoisotopic (exact) mass is 318 g/mol. The molecule has 1 saturated carbocycles. The normalized spacial score (nSPS) is 17.4. The summed E-state index contributed by atoms with van der Waals surface area (Å²) in [6, 6.07) is 0.276. The van der Waals surface area contributed by atoms with Crippen LogP contribution in [0, 0.1) is 5.92 Å². The molecule has 20 heavy (non-hydrogen) atoms. The summed E-state index contributed by atoms with van der Waals surface area (Å²) in [5.41, 5.74) is 5.75. The van der Waals surface area contributed by atoms with Gasteiger partial charge in [0.25, 0.3) is 0 Å². The highest BCUT2D eigenvalue weighted by atomic mass is 32.2. The first-order chi connectivity index (χ1) is 9.36. The zero-order chi connectivity index (χ0) is 14.9. The molecule has 1 aromatic heterocycles. The Morgan fingerprint density at radius 3 is 2.65 bits per heavy atom. The molecule has 0 radical (unpaired) electrons. The lowest BCUT2D eigenvalue weighted by Crippen LogP contribution is -2.25. The quantitative estimate of drug-likeness (QED) is 0.802. The molecule has 0 aliphatic heterocycles. The van der Waals surface area contributed by atoms with Crippen molar-refractivity contribution < 1.29 is 8.42 Å². The highest BCUT2D eigenvalue weighted by Gasteiger charge is 2.30. The minimum atomic E-state index is -3.57. The lowest BCUT2D eigenvalue weighted by molar-refractivity contribution is 0.521. The fraction of sp³-hybridized carbons (Fsp3) is 0.750. The number of sulfonamides is 1. The average molecular weight is 318 g/mol. The van der Waals surface area contributed by atoms with Gasteiger partial charge in [0.15, 0.2) is 10.7 Å². The Hall–Kier alpha value is -0.860. The second kappa shape index (κ2) is 5.87. The van der Waals surface area contributed by atoms with Crippen LogP contribution in [-0.4, -0.2) is 37.2 Å². The van der Waals surface area contributed by atoms with Gasteiger partial charge in [-0.2, -0.15) is 4.37 Å². The van der Waals surface area contributed by atoms with E-state index in [2.05, 4.69) is 16.6 Å². The third-order valence-corrected chi connectivity index (χ3v) is 6.37. The number of hydrogen-bond acceptors (Lipinski definition) is 6. The first-order valence-electron chi connectivity index (χ1n) is 6.80. The molecule has 0 bridgehead atoms. The highest BCUT2D eigenvalue weighted by Crippen LogP contribution is 2.37. The lowest BCUT2D eigenvalue weighted by atomic mass is 10.1. The second-order valence-corrected chi connectivity index (χ2v) is 8.30. The molecule has 0 saturated heterocycles. The van der Waals surface area contributed by atoms with Gasteiger partial charge in [-0.15, -0.1) is 0 Å². The summed E-state index contributed by atoms with van der Waals surface area (Å²) in [6.07, 6.45) is 4.60. The molecule has 114 valence electrons. The maximum absolute atomic E-state index is 12.3. The number of nitrogens with one attached hydrogen (secondary N) is 1. The largest absolute Gasteiger partial charge is 0.382 e. The van der Waals surface area contributed by atoms with Crippen LogP contribution in [-0.2, 0) is 10.0 Å². The molecule has 1 aliphatic rings. The van der Waals surface area contributed by atoms with Crippen molar-refractivity contribution in [2.75, 3.05) is 25.1 Å². The summed E-state index contributed by atoms with van der Waals surface area (Å²) in [4.78, 5) is 0.113. The molecule has 2 rings (SSSR count). The molecule has 1 aromatic rings. The predicted molar refractivity (Wildman–Crippen MR) is 82.4 cm³/mol. The lowest BCUT2D eigenvalue weighted by Gasteiger charge is -2.18. The molecule has 1 fully saturated rings. The van der Waals surface area contributed by atoms with Gasteiger partial charge in [0.1, 0.15) is 5.00 Å². The molecule has 0 spiro atoms. The number of hydrogen-bond donors (Lipinski definition) is 2. The number of nitrogens with zero attached hydrogens (tertiary/aromatic N) is 2. The van der Waals surface area contributed by atoms with Crippen LogP contribution in [0.1, 0.15) is 32.6 Å². The van der Waals surface area contributed by atoms with Crippen molar-refractivity contribution in [1.82, 2.24) is 8.68 Å². The van der Waals surface area contributed by atoms with Gasteiger partial charge in [0, 0.05) is 20.1 Å². The Morgan fingerprint density at radius 1 is 1.50 bits per heavy atom. The zero-order valence-electron chi connectivity index (χ0n) is 12.1. The van der Waals surface area contributed by atoms with Crippen molar-refractivity contribution in [1.29, 1.82) is 0 Å². The highest BCUT2D eigenvalue weighted by molar-refractivity contribution is 7.89. The zero-order valence-corrected chi connectivity index (χ0v) is 13.7. The van der Waals surface area contributed by atoms with Crippen molar-refractivity contribution in [2.24, 2.45) is 5.92 Å². The van der Waals surface area contributed by atoms with Crippen LogP contribution < -0.4 is 11.1 Å². The van der Waals surface area contributed by atoms with Gasteiger partial charge in [-0.3, -0.25) is 0 Å². The first-order valence-corrected chi connectivity index (χ1v) is 9.01. The summed E-state index contributed by atoms with van der Waals surface area (Å²) in [7, 11) is -0.572. The summed E-state index contributed by atoms with van der Waals surface area (Å²) in [5, 5.41) is 3.88. The van der Waals surface area contributed by atoms with E-state index >= 15 is 0 Å². The van der Waals surface area contributed by atoms with Gasteiger partial charge in [-0.05, 0) is 30.3 Å². The number of nitrogen functional groups attached to an aromatic ring is 1. The van der Waals surface area contributed by atoms with Crippen LogP contribution in [0.5, 0.6) is 0 Å². The topological polar surface area (TPSA) is 88.3 Å². The molecule has 3 N–H and O–H groups in total. The Bertz CT molecular complexity index is 564. The summed E-state index contributed by atoms with van der Waals surface area (Å²) in [6.45, 7) is 2.10. The number of aromatic nitrogens is 1. The van der Waals surface area contributed by atoms with E-state index in [1.165, 1.54) is 31.2 Å². The van der Waals surface area contributed by atoms with Gasteiger partial charge in [-0.1, -0.05) is 19.8 Å². The van der Waals surface area contributed by atoms with Crippen LogP contribution in [0.4, 0.5) is 10.8 Å². The van der Waals surface area contributed by atoms with Crippen LogP contribution in [0.25, 0.3) is 0 Å². The molecule has 0 amide bonds. The van der Waals surface area contributed by atoms with Gasteiger partial charge in [0.2, 0.25) is 10.0 Å². The van der Waals surface area contributed by atoms with Crippen LogP contribution in [0.3, 0.4) is 0 Å². The third kappa shape index (κ3) is 3.24. The molecule has 6 nitrogen and oxygen atoms in total. The van der Waals surface area contributed by atoms with E-state index in [0.717, 1.165) is 30.3 Å². The van der Waals surface area contributed by atoms with Gasteiger partial charge in [0.05, 0.1) is 0 Å². The van der Waals surface area contributed by atoms with E-state index in [0.29, 0.717) is 5.00 Å². The molecule has 8 heteroatoms. The minimum absolute atomic E-state index is 0.0764. The van der Waals surface area contributed by atoms with E-state index in [9.17, 15) is 8.42 Å². The van der Waals surface area contributed by atoms with Gasteiger partial charge in [-0.25, -0.2) is 12.7 Å². The van der Waals surface area contributed by atoms with E-state index in [1.54, 1.807) is 0 Å². The van der Waals surface area contributed by atoms with E-state index in [-0.39, 0.29) is 16.8 Å². The van der Waals surface area contributed by atoms with E-state index in [4.69, 9.17) is 5.73 Å². The number of nitrogens with two attached hydrogens (primary N) is 1. The van der Waals surface area contributed by atoms with Crippen molar-refractivity contribution in [3.63, 3.8) is 0 Å². The maximum atomic E-state index is 12.3. The van der Waals surface area contributed by atoms with Crippen LogP contribution in [0.2, 0.25) is 0 Å². The summed E-state index contributed by atoms with van der Waals surface area (Å²) >= 11 is 1.12. The second-order valence-electron chi connectivity index (χ2n) is 5.44. The van der Waals surface area contributed by atoms with Crippen molar-refractivity contribution in [3.05, 3.63) is 0 Å². The van der Waals surface area contributed by atoms with Crippen LogP contribution in [0.15, 0.2) is 4.90 Å². The van der Waals surface area contributed by atoms with Crippen molar-refractivity contribution >= 4 is 32.4 Å². The molecule has 0 aromatic carbocycles. The number of rotatable bonds is 7. The molecule has 1 atom stereocenters. The average Bonchev–Trinajstić information content (AvgIpc) is 3.11. The molecule has 1 aliphatic carbocycles. The Morgan fingerprint density at radius 2 is 2.15 bits per heavy atom. The minimum Gasteiger partial charge on any atom is -0.382 e. The van der Waals surface area contributed by atoms with Crippen molar-refractivity contribution in [2.45, 2.75) is 43.5 Å². The van der Waals surface area contributed by atoms with Gasteiger partial charge >= 0.3 is 0 Å². The molecular weight excluding hydrogens is 296 g/mol. The number of anilines is 2. The maximum Gasteiger partial charge on any atom is 0.249 e. The Labute approximate surface area is 124 Å². The van der Waals surface area contributed by atoms with Gasteiger partial charge < -0.3 is 11.1 Å². The predicted octanol–water partition coefficient (Wildman–Crippen LogP) is 1.97. The fourth-order valence-corrected chi connectivity index (χ4v) is 4.23. The Kier molecular flexibility index (Phi) is 4.55. The molecule has 1 unspecified atom stereocenters. The molecule has 1 heterocycles. The van der Waals surface area contributed by atoms with E-state index < -0.39 is 10.0 Å². The third-order valence-electron chi connectivity index (χ3n) is 3.56. The standard InChI is InChI=1S/C12H22N4O2S2/c1-4-9(7-8-5-6-8)14-12-10(11(13)15-19-12)20(17,18)16(2)3/h8-9,14H,4-7H2,1-3H3,(H2,13,15). The SMILES string of the molecule is CCC(CC1CC1)Nc1snc(N)c1S(=O)(=O)N(C)C. The summed E-state index contributed by atoms with van der Waals surface area (Å²) < 4.78 is 29.8. The fourth-order valence-electron chi connectivity index (χ4n) is 2.09. The van der Waals surface area contributed by atoms with Crippen molar-refractivity contribution in [3.8, 4) is 0 Å². The first kappa shape index (κ1) is 15.5. The molecular formula is C12H22N4O2S2. The summed E-state index contributed by atoms with van der Waals surface area (Å²) in [5.74, 6) is 0.860. The smallest absolute Gasteiger partial charge is 0.249 e. The van der Waals surface area contributed by atoms with Crippen LogP contribution >= 0.6 is 11.5 Å². The Balaban J connectivity index is 2.24. The van der Waals surface area contributed by atoms with E-state index in [1.807, 2.05) is 0 Å².